The minimum Gasteiger partial charge on any atom is -0.320 e. The first kappa shape index (κ1) is 16.7. The highest BCUT2D eigenvalue weighted by atomic mass is 19.1. The minimum atomic E-state index is -0.834. The number of hydrogen-bond donors (Lipinski definition) is 2. The Morgan fingerprint density at radius 2 is 2.11 bits per heavy atom. The highest BCUT2D eigenvalue weighted by molar-refractivity contribution is 5.90. The number of pyridine rings is 1. The summed E-state index contributed by atoms with van der Waals surface area (Å²) in [6, 6.07) is 12.3. The second-order valence-corrected chi connectivity index (χ2v) is 6.13. The quantitative estimate of drug-likeness (QED) is 0.732. The predicted octanol–water partition coefficient (Wildman–Crippen LogP) is 3.07. The van der Waals surface area contributed by atoms with E-state index in [0.717, 1.165) is 22.5 Å². The Bertz CT molecular complexity index is 1040. The normalized spacial score (nSPS) is 13.0. The summed E-state index contributed by atoms with van der Waals surface area (Å²) in [6.07, 6.45) is 1.92. The van der Waals surface area contributed by atoms with Crippen LogP contribution in [0, 0.1) is 17.1 Å². The molecule has 2 aromatic heterocycles. The second-order valence-electron chi connectivity index (χ2n) is 6.13. The number of carbonyl (C=O) groups is 1. The molecule has 7 nitrogen and oxygen atoms in total. The lowest BCUT2D eigenvalue weighted by Gasteiger charge is -2.27. The van der Waals surface area contributed by atoms with Crippen molar-refractivity contribution >= 4 is 11.7 Å². The zero-order valence-corrected chi connectivity index (χ0v) is 14.2. The standard InChI is InChI=1S/C19H15FN6O/c20-17-15(6-8-22-16(17)10-21)23-19(27)26-9-7-14-13(11-26)18(25-24-14)12-4-2-1-3-5-12/h1-6,8H,7,9,11H2,(H,24,25)(H,22,23,27). The fraction of sp³-hybridized carbons (Fsp3) is 0.158. The summed E-state index contributed by atoms with van der Waals surface area (Å²) in [5.41, 5.74) is 3.32. The summed E-state index contributed by atoms with van der Waals surface area (Å²) in [4.78, 5) is 17.8. The molecule has 0 radical (unpaired) electrons. The van der Waals surface area contributed by atoms with Crippen LogP contribution in [0.5, 0.6) is 0 Å². The SMILES string of the molecule is N#Cc1nccc(NC(=O)N2CCc3[nH]nc(-c4ccccc4)c3C2)c1F. The maximum absolute atomic E-state index is 14.1. The number of hydrogen-bond acceptors (Lipinski definition) is 4. The van der Waals surface area contributed by atoms with Gasteiger partial charge in [-0.15, -0.1) is 0 Å². The summed E-state index contributed by atoms with van der Waals surface area (Å²) in [6.45, 7) is 0.840. The molecule has 1 aromatic carbocycles. The molecule has 1 aliphatic rings. The highest BCUT2D eigenvalue weighted by Gasteiger charge is 2.26. The van der Waals surface area contributed by atoms with Crippen molar-refractivity contribution in [1.29, 1.82) is 5.26 Å². The van der Waals surface area contributed by atoms with Gasteiger partial charge >= 0.3 is 6.03 Å². The van der Waals surface area contributed by atoms with E-state index in [4.69, 9.17) is 5.26 Å². The van der Waals surface area contributed by atoms with E-state index in [-0.39, 0.29) is 11.4 Å². The van der Waals surface area contributed by atoms with Crippen LogP contribution in [0.3, 0.4) is 0 Å². The lowest BCUT2D eigenvalue weighted by atomic mass is 10.0. The van der Waals surface area contributed by atoms with Crippen LogP contribution in [0.1, 0.15) is 17.0 Å². The van der Waals surface area contributed by atoms with Crippen LogP contribution in [0.4, 0.5) is 14.9 Å². The first-order valence-electron chi connectivity index (χ1n) is 8.39. The average molecular weight is 362 g/mol. The van der Waals surface area contributed by atoms with Crippen molar-refractivity contribution in [3.05, 3.63) is 65.4 Å². The Kier molecular flexibility index (Phi) is 4.26. The van der Waals surface area contributed by atoms with Crippen LogP contribution >= 0.6 is 0 Å². The van der Waals surface area contributed by atoms with Gasteiger partial charge in [0.15, 0.2) is 11.5 Å². The van der Waals surface area contributed by atoms with Gasteiger partial charge in [0.05, 0.1) is 17.9 Å². The van der Waals surface area contributed by atoms with Crippen molar-refractivity contribution in [3.63, 3.8) is 0 Å². The smallest absolute Gasteiger partial charge is 0.320 e. The molecule has 4 rings (SSSR count). The number of amides is 2. The van der Waals surface area contributed by atoms with E-state index in [1.807, 2.05) is 30.3 Å². The second kappa shape index (κ2) is 6.88. The predicted molar refractivity (Wildman–Crippen MR) is 96.1 cm³/mol. The minimum absolute atomic E-state index is 0.0622. The first-order valence-corrected chi connectivity index (χ1v) is 8.39. The maximum atomic E-state index is 14.1. The molecular formula is C19H15FN6O. The number of aromatic amines is 1. The third-order valence-electron chi connectivity index (χ3n) is 4.50. The van der Waals surface area contributed by atoms with E-state index in [0.29, 0.717) is 19.5 Å². The number of aromatic nitrogens is 3. The number of nitriles is 1. The van der Waals surface area contributed by atoms with Crippen LogP contribution in [0.15, 0.2) is 42.6 Å². The number of halogens is 1. The number of urea groups is 1. The van der Waals surface area contributed by atoms with Gasteiger partial charge in [0.25, 0.3) is 0 Å². The molecule has 2 N–H and O–H groups in total. The van der Waals surface area contributed by atoms with Crippen molar-refractivity contribution in [2.24, 2.45) is 0 Å². The molecule has 134 valence electrons. The molecular weight excluding hydrogens is 347 g/mol. The Hall–Kier alpha value is -3.73. The topological polar surface area (TPSA) is 97.7 Å². The zero-order chi connectivity index (χ0) is 18.8. The highest BCUT2D eigenvalue weighted by Crippen LogP contribution is 2.28. The van der Waals surface area contributed by atoms with E-state index in [1.54, 1.807) is 11.0 Å². The van der Waals surface area contributed by atoms with Gasteiger partial charge in [-0.25, -0.2) is 14.2 Å². The summed E-state index contributed by atoms with van der Waals surface area (Å²) in [7, 11) is 0. The van der Waals surface area contributed by atoms with Crippen molar-refractivity contribution in [3.8, 4) is 17.3 Å². The molecule has 0 atom stereocenters. The molecule has 3 heterocycles. The van der Waals surface area contributed by atoms with Crippen LogP contribution in [0.2, 0.25) is 0 Å². The lowest BCUT2D eigenvalue weighted by Crippen LogP contribution is -2.39. The Labute approximate surface area is 154 Å². The van der Waals surface area contributed by atoms with Crippen LogP contribution < -0.4 is 5.32 Å². The third kappa shape index (κ3) is 3.11. The van der Waals surface area contributed by atoms with Crippen molar-refractivity contribution in [1.82, 2.24) is 20.1 Å². The molecule has 0 bridgehead atoms. The summed E-state index contributed by atoms with van der Waals surface area (Å²) in [5.74, 6) is -0.834. The van der Waals surface area contributed by atoms with Crippen molar-refractivity contribution < 1.29 is 9.18 Å². The molecule has 8 heteroatoms. The molecule has 2 amide bonds. The van der Waals surface area contributed by atoms with Gasteiger partial charge in [-0.3, -0.25) is 5.10 Å². The summed E-state index contributed by atoms with van der Waals surface area (Å²) in [5, 5.41) is 18.8. The van der Waals surface area contributed by atoms with Crippen LogP contribution in [-0.4, -0.2) is 32.7 Å². The zero-order valence-electron chi connectivity index (χ0n) is 14.2. The number of anilines is 1. The fourth-order valence-corrected chi connectivity index (χ4v) is 3.12. The molecule has 27 heavy (non-hydrogen) atoms. The molecule has 0 spiro atoms. The average Bonchev–Trinajstić information content (AvgIpc) is 3.13. The van der Waals surface area contributed by atoms with Gasteiger partial charge in [-0.05, 0) is 6.07 Å². The van der Waals surface area contributed by atoms with E-state index in [9.17, 15) is 9.18 Å². The van der Waals surface area contributed by atoms with Crippen molar-refractivity contribution in [2.75, 3.05) is 11.9 Å². The molecule has 0 aliphatic carbocycles. The van der Waals surface area contributed by atoms with Gasteiger partial charge in [0.2, 0.25) is 0 Å². The van der Waals surface area contributed by atoms with Gasteiger partial charge in [-0.2, -0.15) is 10.4 Å². The van der Waals surface area contributed by atoms with Crippen LogP contribution in [0.25, 0.3) is 11.3 Å². The monoisotopic (exact) mass is 362 g/mol. The number of carbonyl (C=O) groups excluding carboxylic acids is 1. The van der Waals surface area contributed by atoms with E-state index in [1.165, 1.54) is 12.3 Å². The number of fused-ring (bicyclic) bond motifs is 1. The number of nitrogens with zero attached hydrogens (tertiary/aromatic N) is 4. The van der Waals surface area contributed by atoms with Gasteiger partial charge in [0, 0.05) is 36.0 Å². The van der Waals surface area contributed by atoms with E-state index in [2.05, 4.69) is 20.5 Å². The van der Waals surface area contributed by atoms with Gasteiger partial charge in [0.1, 0.15) is 6.07 Å². The molecule has 0 unspecified atom stereocenters. The van der Waals surface area contributed by atoms with E-state index < -0.39 is 11.8 Å². The number of H-pyrrole nitrogens is 1. The first-order chi connectivity index (χ1) is 13.2. The Morgan fingerprint density at radius 3 is 2.89 bits per heavy atom. The molecule has 0 fully saturated rings. The lowest BCUT2D eigenvalue weighted by molar-refractivity contribution is 0.206. The molecule has 0 saturated carbocycles. The Morgan fingerprint density at radius 1 is 1.30 bits per heavy atom. The molecule has 1 aliphatic heterocycles. The Balaban J connectivity index is 1.56. The fourth-order valence-electron chi connectivity index (χ4n) is 3.12. The molecule has 0 saturated heterocycles. The van der Waals surface area contributed by atoms with Crippen LogP contribution in [-0.2, 0) is 13.0 Å². The van der Waals surface area contributed by atoms with E-state index >= 15 is 0 Å². The number of benzene rings is 1. The van der Waals surface area contributed by atoms with Gasteiger partial charge in [-0.1, -0.05) is 30.3 Å². The number of nitrogens with one attached hydrogen (secondary N) is 2. The summed E-state index contributed by atoms with van der Waals surface area (Å²) >= 11 is 0. The largest absolute Gasteiger partial charge is 0.322 e. The third-order valence-corrected chi connectivity index (χ3v) is 4.50. The molecule has 3 aromatic rings. The van der Waals surface area contributed by atoms with Crippen molar-refractivity contribution in [2.45, 2.75) is 13.0 Å². The summed E-state index contributed by atoms with van der Waals surface area (Å²) < 4.78 is 14.1. The van der Waals surface area contributed by atoms with Gasteiger partial charge < -0.3 is 10.2 Å². The number of rotatable bonds is 2. The maximum Gasteiger partial charge on any atom is 0.322 e.